The summed E-state index contributed by atoms with van der Waals surface area (Å²) in [7, 11) is 5.66. The van der Waals surface area contributed by atoms with Crippen LogP contribution in [0.25, 0.3) is 0 Å². The first-order valence-corrected chi connectivity index (χ1v) is 10.5. The maximum atomic E-state index is 13.1. The predicted octanol–water partition coefficient (Wildman–Crippen LogP) is 1.23. The van der Waals surface area contributed by atoms with Crippen molar-refractivity contribution in [3.63, 3.8) is 0 Å². The van der Waals surface area contributed by atoms with Gasteiger partial charge in [0.05, 0.1) is 6.54 Å². The van der Waals surface area contributed by atoms with Crippen molar-refractivity contribution in [1.29, 1.82) is 5.26 Å². The molecule has 2 N–H and O–H groups in total. The van der Waals surface area contributed by atoms with Gasteiger partial charge in [-0.1, -0.05) is 12.1 Å². The Morgan fingerprint density at radius 1 is 1.29 bits per heavy atom. The van der Waals surface area contributed by atoms with Crippen LogP contribution in [0, 0.1) is 18.4 Å². The molecule has 2 rings (SSSR count). The van der Waals surface area contributed by atoms with Crippen molar-refractivity contribution in [3.05, 3.63) is 29.8 Å². The summed E-state index contributed by atoms with van der Waals surface area (Å²) in [4.78, 5) is 35.5. The van der Waals surface area contributed by atoms with E-state index in [1.54, 1.807) is 16.8 Å². The third-order valence-corrected chi connectivity index (χ3v) is 5.13. The van der Waals surface area contributed by atoms with E-state index in [4.69, 9.17) is 5.26 Å². The molecule has 1 aliphatic heterocycles. The van der Waals surface area contributed by atoms with Gasteiger partial charge in [0.1, 0.15) is 6.04 Å². The Bertz CT molecular complexity index is 831. The van der Waals surface area contributed by atoms with Gasteiger partial charge in [0.15, 0.2) is 6.19 Å². The number of nitrogens with one attached hydrogen (secondary N) is 2. The van der Waals surface area contributed by atoms with Crippen LogP contribution in [0.3, 0.4) is 0 Å². The Hall–Kier alpha value is -3.12. The van der Waals surface area contributed by atoms with Crippen molar-refractivity contribution >= 4 is 23.5 Å². The Morgan fingerprint density at radius 3 is 2.74 bits per heavy atom. The number of anilines is 1. The molecule has 1 unspecified atom stereocenters. The molecule has 31 heavy (non-hydrogen) atoms. The summed E-state index contributed by atoms with van der Waals surface area (Å²) in [5, 5.41) is 14.7. The van der Waals surface area contributed by atoms with Gasteiger partial charge in [-0.2, -0.15) is 5.26 Å². The molecule has 0 aromatic heterocycles. The van der Waals surface area contributed by atoms with Gasteiger partial charge < -0.3 is 20.0 Å². The standard InChI is InChI=1S/C22H33N7O2/c1-17-8-7-9-18(14-17)25-22(24-16-23)26-19-10-5-6-11-29(21(19)31)15-20(30)28(4)13-12-27(2)3/h7-9,14,19H,5-6,10-13,15H2,1-4H3,(H2,24,25,26). The van der Waals surface area contributed by atoms with Crippen molar-refractivity contribution in [1.82, 2.24) is 20.0 Å². The second-order valence-electron chi connectivity index (χ2n) is 8.10. The molecule has 0 saturated carbocycles. The fourth-order valence-electron chi connectivity index (χ4n) is 3.28. The number of hydrogen-bond acceptors (Lipinski definition) is 5. The van der Waals surface area contributed by atoms with E-state index in [0.29, 0.717) is 19.5 Å². The first-order valence-electron chi connectivity index (χ1n) is 10.5. The molecular formula is C22H33N7O2. The zero-order valence-corrected chi connectivity index (χ0v) is 18.9. The lowest BCUT2D eigenvalue weighted by Crippen LogP contribution is -2.46. The first-order chi connectivity index (χ1) is 14.8. The summed E-state index contributed by atoms with van der Waals surface area (Å²) in [5.74, 6) is -0.0500. The number of guanidine groups is 1. The molecule has 0 bridgehead atoms. The van der Waals surface area contributed by atoms with Crippen LogP contribution in [-0.2, 0) is 9.59 Å². The summed E-state index contributed by atoms with van der Waals surface area (Å²) < 4.78 is 0. The molecule has 1 aromatic rings. The predicted molar refractivity (Wildman–Crippen MR) is 121 cm³/mol. The lowest BCUT2D eigenvalue weighted by atomic mass is 10.1. The molecule has 1 aromatic carbocycles. The number of aliphatic imine (C=N–C) groups is 1. The zero-order chi connectivity index (χ0) is 22.8. The van der Waals surface area contributed by atoms with Crippen molar-refractivity contribution < 1.29 is 9.59 Å². The lowest BCUT2D eigenvalue weighted by Gasteiger charge is -2.26. The van der Waals surface area contributed by atoms with Gasteiger partial charge in [-0.25, -0.2) is 4.99 Å². The molecule has 1 fully saturated rings. The second-order valence-corrected chi connectivity index (χ2v) is 8.10. The number of nitriles is 1. The fraction of sp³-hybridized carbons (Fsp3) is 0.545. The van der Waals surface area contributed by atoms with E-state index in [9.17, 15) is 9.59 Å². The van der Waals surface area contributed by atoms with Crippen LogP contribution in [0.1, 0.15) is 24.8 Å². The van der Waals surface area contributed by atoms with E-state index in [0.717, 1.165) is 30.6 Å². The minimum absolute atomic E-state index is 0.0428. The number of likely N-dealkylation sites (tertiary alicyclic amines) is 1. The molecule has 168 valence electrons. The van der Waals surface area contributed by atoms with Crippen LogP contribution in [0.5, 0.6) is 0 Å². The monoisotopic (exact) mass is 427 g/mol. The highest BCUT2D eigenvalue weighted by atomic mass is 16.2. The van der Waals surface area contributed by atoms with E-state index in [1.165, 1.54) is 0 Å². The second kappa shape index (κ2) is 11.9. The average molecular weight is 428 g/mol. The molecule has 0 spiro atoms. The molecule has 0 aliphatic carbocycles. The van der Waals surface area contributed by atoms with Gasteiger partial charge in [-0.05, 0) is 58.0 Å². The van der Waals surface area contributed by atoms with Gasteiger partial charge >= 0.3 is 0 Å². The number of carbonyl (C=O) groups excluding carboxylic acids is 2. The van der Waals surface area contributed by atoms with Gasteiger partial charge in [-0.3, -0.25) is 14.9 Å². The molecule has 1 heterocycles. The fourth-order valence-corrected chi connectivity index (χ4v) is 3.28. The minimum Gasteiger partial charge on any atom is -0.343 e. The maximum absolute atomic E-state index is 13.1. The Balaban J connectivity index is 2.10. The van der Waals surface area contributed by atoms with E-state index in [2.05, 4.69) is 15.6 Å². The van der Waals surface area contributed by atoms with Gasteiger partial charge in [0, 0.05) is 32.4 Å². The molecule has 1 saturated heterocycles. The molecule has 2 amide bonds. The largest absolute Gasteiger partial charge is 0.343 e. The number of likely N-dealkylation sites (N-methyl/N-ethyl adjacent to an activating group) is 2. The summed E-state index contributed by atoms with van der Waals surface area (Å²) in [6.45, 7) is 3.91. The smallest absolute Gasteiger partial charge is 0.247 e. The highest BCUT2D eigenvalue weighted by molar-refractivity contribution is 5.97. The van der Waals surface area contributed by atoms with Gasteiger partial charge in [0.25, 0.3) is 0 Å². The molecule has 9 heteroatoms. The van der Waals surface area contributed by atoms with Crippen LogP contribution in [0.2, 0.25) is 0 Å². The Labute approximate surface area is 184 Å². The summed E-state index contributed by atoms with van der Waals surface area (Å²) >= 11 is 0. The third-order valence-electron chi connectivity index (χ3n) is 5.13. The number of aryl methyl sites for hydroxylation is 1. The van der Waals surface area contributed by atoms with E-state index in [-0.39, 0.29) is 24.3 Å². The van der Waals surface area contributed by atoms with Crippen LogP contribution in [0.4, 0.5) is 5.69 Å². The number of rotatable bonds is 7. The Kier molecular flexibility index (Phi) is 9.28. The molecule has 1 atom stereocenters. The van der Waals surface area contributed by atoms with Crippen LogP contribution in [-0.4, -0.2) is 85.8 Å². The lowest BCUT2D eigenvalue weighted by molar-refractivity contribution is -0.140. The SMILES string of the molecule is Cc1cccc(NC(=NC2CCCCN(CC(=O)N(C)CCN(C)C)C2=O)NC#N)c1. The van der Waals surface area contributed by atoms with E-state index in [1.807, 2.05) is 56.4 Å². The quantitative estimate of drug-likeness (QED) is 0.294. The van der Waals surface area contributed by atoms with Crippen LogP contribution in [0.15, 0.2) is 29.3 Å². The highest BCUT2D eigenvalue weighted by Gasteiger charge is 2.29. The van der Waals surface area contributed by atoms with Gasteiger partial charge in [-0.15, -0.1) is 0 Å². The summed E-state index contributed by atoms with van der Waals surface area (Å²) in [5.41, 5.74) is 1.84. The first kappa shape index (κ1) is 24.2. The summed E-state index contributed by atoms with van der Waals surface area (Å²) in [6.07, 6.45) is 4.09. The van der Waals surface area contributed by atoms with Crippen molar-refractivity contribution in [2.75, 3.05) is 52.6 Å². The topological polar surface area (TPSA) is 104 Å². The zero-order valence-electron chi connectivity index (χ0n) is 18.9. The minimum atomic E-state index is -0.643. The highest BCUT2D eigenvalue weighted by Crippen LogP contribution is 2.16. The van der Waals surface area contributed by atoms with Crippen molar-refractivity contribution in [2.24, 2.45) is 4.99 Å². The number of hydrogen-bond donors (Lipinski definition) is 2. The van der Waals surface area contributed by atoms with E-state index < -0.39 is 6.04 Å². The normalized spacial score (nSPS) is 17.2. The molecule has 9 nitrogen and oxygen atoms in total. The number of carbonyl (C=O) groups is 2. The summed E-state index contributed by atoms with van der Waals surface area (Å²) in [6, 6.07) is 7.02. The third kappa shape index (κ3) is 7.90. The molecular weight excluding hydrogens is 394 g/mol. The van der Waals surface area contributed by atoms with Gasteiger partial charge in [0.2, 0.25) is 17.8 Å². The van der Waals surface area contributed by atoms with Crippen molar-refractivity contribution in [2.45, 2.75) is 32.2 Å². The number of amides is 2. The molecule has 0 radical (unpaired) electrons. The average Bonchev–Trinajstić information content (AvgIpc) is 2.88. The van der Waals surface area contributed by atoms with E-state index >= 15 is 0 Å². The van der Waals surface area contributed by atoms with Crippen LogP contribution < -0.4 is 10.6 Å². The molecule has 1 aliphatic rings. The number of benzene rings is 1. The van der Waals surface area contributed by atoms with Crippen molar-refractivity contribution in [3.8, 4) is 6.19 Å². The van der Waals surface area contributed by atoms with Crippen LogP contribution >= 0.6 is 0 Å². The maximum Gasteiger partial charge on any atom is 0.247 e. The number of nitrogens with zero attached hydrogens (tertiary/aromatic N) is 5. The Morgan fingerprint density at radius 2 is 2.06 bits per heavy atom.